The van der Waals surface area contributed by atoms with Crippen LogP contribution in [-0.2, 0) is 12.2 Å². The molecule has 6 rings (SSSR count). The third kappa shape index (κ3) is 4.85. The van der Waals surface area contributed by atoms with Gasteiger partial charge in [-0.3, -0.25) is 4.98 Å². The molecule has 1 N–H and O–H groups in total. The quantitative estimate of drug-likeness (QED) is 0.279. The maximum absolute atomic E-state index is 16.8. The predicted octanol–water partition coefficient (Wildman–Crippen LogP) is 5.94. The van der Waals surface area contributed by atoms with Gasteiger partial charge in [0.1, 0.15) is 11.2 Å². The molecule has 1 saturated carbocycles. The van der Waals surface area contributed by atoms with Crippen molar-refractivity contribution in [3.8, 4) is 23.0 Å². The van der Waals surface area contributed by atoms with Crippen molar-refractivity contribution in [1.82, 2.24) is 34.7 Å². The second kappa shape index (κ2) is 10.00. The Morgan fingerprint density at radius 1 is 1.13 bits per heavy atom. The monoisotopic (exact) mass is 547 g/mol. The number of hydrogen-bond donors (Lipinski definition) is 1. The van der Waals surface area contributed by atoms with E-state index >= 15 is 4.39 Å². The van der Waals surface area contributed by atoms with Crippen LogP contribution in [0, 0.1) is 11.8 Å². The van der Waals surface area contributed by atoms with Crippen LogP contribution in [0.2, 0.25) is 5.02 Å². The third-order valence-corrected chi connectivity index (χ3v) is 7.71. The fourth-order valence-corrected chi connectivity index (χ4v) is 5.55. The van der Waals surface area contributed by atoms with Gasteiger partial charge in [-0.1, -0.05) is 49.6 Å². The van der Waals surface area contributed by atoms with Crippen LogP contribution in [-0.4, -0.2) is 34.7 Å². The highest BCUT2D eigenvalue weighted by Crippen LogP contribution is 2.39. The maximum atomic E-state index is 16.8. The number of nitrogens with zero attached hydrogens (tertiary/aromatic N) is 6. The molecular weight excluding hydrogens is 521 g/mol. The van der Waals surface area contributed by atoms with E-state index in [9.17, 15) is 4.79 Å². The molecule has 1 unspecified atom stereocenters. The van der Waals surface area contributed by atoms with Gasteiger partial charge in [0.15, 0.2) is 11.5 Å². The summed E-state index contributed by atoms with van der Waals surface area (Å²) in [5.41, 5.74) is 0.246. The van der Waals surface area contributed by atoms with Crippen molar-refractivity contribution in [3.63, 3.8) is 0 Å². The number of alkyl halides is 1. The summed E-state index contributed by atoms with van der Waals surface area (Å²) in [5.74, 6) is 0.437. The Bertz CT molecular complexity index is 1690. The van der Waals surface area contributed by atoms with Crippen molar-refractivity contribution in [2.45, 2.75) is 51.7 Å². The molecule has 11 heteroatoms. The first-order valence-corrected chi connectivity index (χ1v) is 13.4. The molecule has 1 fully saturated rings. The van der Waals surface area contributed by atoms with Gasteiger partial charge < -0.3 is 8.98 Å². The van der Waals surface area contributed by atoms with E-state index in [1.807, 2.05) is 16.7 Å². The normalized spacial score (nSPS) is 19.3. The fourth-order valence-electron chi connectivity index (χ4n) is 5.36. The Balaban J connectivity index is 1.62. The number of halogens is 2. The number of imidazole rings is 1. The van der Waals surface area contributed by atoms with Gasteiger partial charge in [-0.2, -0.15) is 0 Å². The summed E-state index contributed by atoms with van der Waals surface area (Å²) in [6.45, 7) is 4.29. The standard InChI is InChI=1S/C28H27ClFN7O2/c1-16-9-11-17(12-10-16)15-37-22-21(18-6-5-7-19(29)14-18)32-24(25-35-36-27(38)39-25)33-23(22)34-26(37)28(2,30)20-8-3-4-13-31-20/h3-8,13-14,16-17H,9-12,15H2,1-2H3,(H,36,38). The molecule has 0 spiro atoms. The molecule has 4 heterocycles. The molecule has 1 atom stereocenters. The van der Waals surface area contributed by atoms with Gasteiger partial charge in [0, 0.05) is 23.3 Å². The lowest BCUT2D eigenvalue weighted by Crippen LogP contribution is -2.27. The minimum absolute atomic E-state index is 0.0527. The van der Waals surface area contributed by atoms with Crippen LogP contribution in [0.1, 0.15) is 51.0 Å². The predicted molar refractivity (Wildman–Crippen MR) is 145 cm³/mol. The van der Waals surface area contributed by atoms with Gasteiger partial charge in [-0.15, -0.1) is 5.10 Å². The molecule has 0 saturated heterocycles. The molecule has 0 radical (unpaired) electrons. The van der Waals surface area contributed by atoms with Crippen molar-refractivity contribution in [3.05, 3.63) is 75.8 Å². The van der Waals surface area contributed by atoms with E-state index in [-0.39, 0.29) is 28.9 Å². The maximum Gasteiger partial charge on any atom is 0.434 e. The summed E-state index contributed by atoms with van der Waals surface area (Å²) in [6, 6.07) is 12.4. The number of nitrogens with one attached hydrogen (secondary N) is 1. The Morgan fingerprint density at radius 3 is 2.64 bits per heavy atom. The summed E-state index contributed by atoms with van der Waals surface area (Å²) in [6.07, 6.45) is 5.89. The minimum Gasteiger partial charge on any atom is -0.384 e. The van der Waals surface area contributed by atoms with Crippen molar-refractivity contribution < 1.29 is 8.81 Å². The molecule has 9 nitrogen and oxygen atoms in total. The lowest BCUT2D eigenvalue weighted by atomic mass is 9.83. The number of aromatic nitrogens is 7. The number of rotatable bonds is 6. The van der Waals surface area contributed by atoms with Gasteiger partial charge in [0.25, 0.3) is 5.89 Å². The van der Waals surface area contributed by atoms with Crippen molar-refractivity contribution in [1.29, 1.82) is 0 Å². The average Bonchev–Trinajstić information content (AvgIpc) is 3.54. The number of fused-ring (bicyclic) bond motifs is 1. The van der Waals surface area contributed by atoms with E-state index < -0.39 is 11.4 Å². The van der Waals surface area contributed by atoms with Crippen LogP contribution in [0.15, 0.2) is 57.9 Å². The zero-order valence-electron chi connectivity index (χ0n) is 21.6. The molecule has 39 heavy (non-hydrogen) atoms. The van der Waals surface area contributed by atoms with Crippen LogP contribution in [0.5, 0.6) is 0 Å². The molecule has 0 aliphatic heterocycles. The number of aromatic amines is 1. The Hall–Kier alpha value is -3.92. The first kappa shape index (κ1) is 25.4. The summed E-state index contributed by atoms with van der Waals surface area (Å²) in [5, 5.41) is 6.65. The van der Waals surface area contributed by atoms with Gasteiger partial charge in [-0.25, -0.2) is 29.2 Å². The third-order valence-electron chi connectivity index (χ3n) is 7.47. The second-order valence-electron chi connectivity index (χ2n) is 10.4. The van der Waals surface area contributed by atoms with E-state index in [0.717, 1.165) is 25.7 Å². The summed E-state index contributed by atoms with van der Waals surface area (Å²) in [7, 11) is 0. The van der Waals surface area contributed by atoms with Crippen molar-refractivity contribution in [2.75, 3.05) is 0 Å². The molecule has 1 aliphatic rings. The molecule has 1 aromatic carbocycles. The highest BCUT2D eigenvalue weighted by molar-refractivity contribution is 6.30. The summed E-state index contributed by atoms with van der Waals surface area (Å²) in [4.78, 5) is 30.1. The number of hydrogen-bond acceptors (Lipinski definition) is 7. The van der Waals surface area contributed by atoms with E-state index in [4.69, 9.17) is 26.0 Å². The van der Waals surface area contributed by atoms with E-state index in [0.29, 0.717) is 40.2 Å². The highest BCUT2D eigenvalue weighted by Gasteiger charge is 2.38. The van der Waals surface area contributed by atoms with Crippen LogP contribution in [0.4, 0.5) is 4.39 Å². The summed E-state index contributed by atoms with van der Waals surface area (Å²) < 4.78 is 23.9. The second-order valence-corrected chi connectivity index (χ2v) is 10.8. The van der Waals surface area contributed by atoms with E-state index in [1.54, 1.807) is 36.5 Å². The van der Waals surface area contributed by atoms with E-state index in [2.05, 4.69) is 27.1 Å². The topological polar surface area (TPSA) is 115 Å². The Kier molecular flexibility index (Phi) is 6.50. The lowest BCUT2D eigenvalue weighted by molar-refractivity contribution is 0.209. The van der Waals surface area contributed by atoms with Crippen LogP contribution < -0.4 is 5.76 Å². The van der Waals surface area contributed by atoms with Crippen molar-refractivity contribution >= 4 is 22.8 Å². The minimum atomic E-state index is -2.02. The number of pyridine rings is 1. The Labute approximate surface area is 228 Å². The zero-order chi connectivity index (χ0) is 27.1. The smallest absolute Gasteiger partial charge is 0.384 e. The zero-order valence-corrected chi connectivity index (χ0v) is 22.3. The van der Waals surface area contributed by atoms with Gasteiger partial charge >= 0.3 is 5.76 Å². The molecule has 200 valence electrons. The summed E-state index contributed by atoms with van der Waals surface area (Å²) >= 11 is 6.36. The van der Waals surface area contributed by atoms with Gasteiger partial charge in [-0.05, 0) is 55.9 Å². The van der Waals surface area contributed by atoms with Crippen LogP contribution >= 0.6 is 11.6 Å². The van der Waals surface area contributed by atoms with Gasteiger partial charge in [0.2, 0.25) is 11.5 Å². The highest BCUT2D eigenvalue weighted by atomic mass is 35.5. The average molecular weight is 548 g/mol. The van der Waals surface area contributed by atoms with Crippen LogP contribution in [0.3, 0.4) is 0 Å². The molecule has 5 aromatic rings. The largest absolute Gasteiger partial charge is 0.434 e. The number of benzene rings is 1. The van der Waals surface area contributed by atoms with E-state index in [1.165, 1.54) is 6.92 Å². The molecule has 0 amide bonds. The van der Waals surface area contributed by atoms with Crippen LogP contribution in [0.25, 0.3) is 34.1 Å². The molecule has 4 aromatic heterocycles. The Morgan fingerprint density at radius 2 is 1.95 bits per heavy atom. The molecule has 0 bridgehead atoms. The first-order chi connectivity index (χ1) is 18.8. The van der Waals surface area contributed by atoms with Crippen molar-refractivity contribution in [2.24, 2.45) is 11.8 Å². The first-order valence-electron chi connectivity index (χ1n) is 13.0. The molecule has 1 aliphatic carbocycles. The molecular formula is C28H27ClFN7O2. The lowest BCUT2D eigenvalue weighted by Gasteiger charge is -2.29. The van der Waals surface area contributed by atoms with Gasteiger partial charge in [0.05, 0.1) is 5.69 Å². The fraction of sp³-hybridized carbons (Fsp3) is 0.357. The number of H-pyrrole nitrogens is 1. The SMILES string of the molecule is CC1CCC(Cn2c(C(C)(F)c3ccccn3)nc3nc(-c4n[nH]c(=O)o4)nc(-c4cccc(Cl)c4)c32)CC1.